The van der Waals surface area contributed by atoms with Crippen molar-refractivity contribution < 1.29 is 19.4 Å². The van der Waals surface area contributed by atoms with E-state index in [0.717, 1.165) is 19.4 Å². The molecule has 116 valence electrons. The van der Waals surface area contributed by atoms with E-state index >= 15 is 0 Å². The predicted molar refractivity (Wildman–Crippen MR) is 76.0 cm³/mol. The monoisotopic (exact) mass is 295 g/mol. The zero-order valence-corrected chi connectivity index (χ0v) is 12.3. The molecule has 1 aromatic heterocycles. The molecular formula is C14H21N3O4. The van der Waals surface area contributed by atoms with Gasteiger partial charge in [0, 0.05) is 19.2 Å². The fourth-order valence-corrected chi connectivity index (χ4v) is 2.18. The normalized spacial score (nSPS) is 18.7. The number of anilines is 1. The van der Waals surface area contributed by atoms with Gasteiger partial charge in [-0.1, -0.05) is 0 Å². The summed E-state index contributed by atoms with van der Waals surface area (Å²) in [6.07, 6.45) is 6.33. The number of aliphatic carboxylic acids is 1. The van der Waals surface area contributed by atoms with E-state index in [2.05, 4.69) is 10.4 Å². The van der Waals surface area contributed by atoms with Crippen molar-refractivity contribution in [1.29, 1.82) is 0 Å². The van der Waals surface area contributed by atoms with Crippen LogP contribution in [-0.2, 0) is 19.9 Å². The van der Waals surface area contributed by atoms with Crippen molar-refractivity contribution in [3.05, 3.63) is 12.4 Å². The number of carboxylic acid groups (broad SMARTS) is 1. The average molecular weight is 295 g/mol. The average Bonchev–Trinajstić information content (AvgIpc) is 3.07. The molecule has 0 aliphatic carbocycles. The van der Waals surface area contributed by atoms with Crippen LogP contribution >= 0.6 is 0 Å². The molecule has 1 aromatic rings. The van der Waals surface area contributed by atoms with E-state index in [1.165, 1.54) is 17.1 Å². The van der Waals surface area contributed by atoms with Gasteiger partial charge in [0.1, 0.15) is 0 Å². The van der Waals surface area contributed by atoms with Gasteiger partial charge in [-0.05, 0) is 33.1 Å². The standard InChI is InChI=1S/C14H21N3O4/c1-14(2,13(19)20)17-9-10(8-15-17)16-12(18)6-5-11-4-3-7-21-11/h8-9,11H,3-7H2,1-2H3,(H,16,18)(H,19,20). The van der Waals surface area contributed by atoms with E-state index in [1.807, 2.05) is 0 Å². The summed E-state index contributed by atoms with van der Waals surface area (Å²) in [5.41, 5.74) is -0.651. The summed E-state index contributed by atoms with van der Waals surface area (Å²) in [5, 5.41) is 15.9. The zero-order chi connectivity index (χ0) is 15.5. The molecule has 2 N–H and O–H groups in total. The number of aromatic nitrogens is 2. The second-order valence-electron chi connectivity index (χ2n) is 5.76. The molecule has 0 radical (unpaired) electrons. The van der Waals surface area contributed by atoms with E-state index in [1.54, 1.807) is 13.8 Å². The molecule has 7 nitrogen and oxygen atoms in total. The fraction of sp³-hybridized carbons (Fsp3) is 0.643. The Hall–Kier alpha value is -1.89. The van der Waals surface area contributed by atoms with Crippen molar-refractivity contribution in [2.24, 2.45) is 0 Å². The van der Waals surface area contributed by atoms with E-state index in [-0.39, 0.29) is 12.0 Å². The van der Waals surface area contributed by atoms with Crippen molar-refractivity contribution in [3.63, 3.8) is 0 Å². The highest BCUT2D eigenvalue weighted by atomic mass is 16.5. The quantitative estimate of drug-likeness (QED) is 0.831. The van der Waals surface area contributed by atoms with Gasteiger partial charge in [-0.3, -0.25) is 9.48 Å². The second-order valence-corrected chi connectivity index (χ2v) is 5.76. The van der Waals surface area contributed by atoms with Gasteiger partial charge in [0.15, 0.2) is 5.54 Å². The summed E-state index contributed by atoms with van der Waals surface area (Å²) in [6, 6.07) is 0. The molecule has 0 saturated carbocycles. The van der Waals surface area contributed by atoms with Crippen LogP contribution in [0.2, 0.25) is 0 Å². The summed E-state index contributed by atoms with van der Waals surface area (Å²) in [4.78, 5) is 23.0. The maximum absolute atomic E-state index is 11.8. The highest BCUT2D eigenvalue weighted by Crippen LogP contribution is 2.19. The van der Waals surface area contributed by atoms with Gasteiger partial charge in [-0.2, -0.15) is 5.10 Å². The third-order valence-corrected chi connectivity index (χ3v) is 3.68. The lowest BCUT2D eigenvalue weighted by molar-refractivity contribution is -0.146. The first-order valence-electron chi connectivity index (χ1n) is 7.09. The van der Waals surface area contributed by atoms with Gasteiger partial charge < -0.3 is 15.2 Å². The molecule has 1 aliphatic rings. The summed E-state index contributed by atoms with van der Waals surface area (Å²) >= 11 is 0. The van der Waals surface area contributed by atoms with E-state index in [0.29, 0.717) is 18.5 Å². The Balaban J connectivity index is 1.87. The molecule has 0 aromatic carbocycles. The van der Waals surface area contributed by atoms with Gasteiger partial charge in [0.25, 0.3) is 0 Å². The minimum Gasteiger partial charge on any atom is -0.479 e. The zero-order valence-electron chi connectivity index (χ0n) is 12.3. The van der Waals surface area contributed by atoms with Crippen LogP contribution in [0.4, 0.5) is 5.69 Å². The Bertz CT molecular complexity index is 518. The molecule has 1 unspecified atom stereocenters. The van der Waals surface area contributed by atoms with Gasteiger partial charge in [-0.15, -0.1) is 0 Å². The van der Waals surface area contributed by atoms with Gasteiger partial charge >= 0.3 is 5.97 Å². The molecule has 0 bridgehead atoms. The molecule has 7 heteroatoms. The molecule has 1 saturated heterocycles. The number of ether oxygens (including phenoxy) is 1. The SMILES string of the molecule is CC(C)(C(=O)O)n1cc(NC(=O)CCC2CCCO2)cn1. The number of nitrogens with one attached hydrogen (secondary N) is 1. The number of nitrogens with zero attached hydrogens (tertiary/aromatic N) is 2. The molecule has 21 heavy (non-hydrogen) atoms. The lowest BCUT2D eigenvalue weighted by Crippen LogP contribution is -2.35. The van der Waals surface area contributed by atoms with Crippen LogP contribution in [0.15, 0.2) is 12.4 Å². The van der Waals surface area contributed by atoms with Crippen LogP contribution in [0.1, 0.15) is 39.5 Å². The molecule has 1 fully saturated rings. The maximum atomic E-state index is 11.8. The Kier molecular flexibility index (Phi) is 4.62. The van der Waals surface area contributed by atoms with Crippen LogP contribution in [-0.4, -0.2) is 39.5 Å². The third kappa shape index (κ3) is 3.81. The molecule has 2 heterocycles. The Morgan fingerprint density at radius 1 is 1.57 bits per heavy atom. The number of hydrogen-bond acceptors (Lipinski definition) is 4. The van der Waals surface area contributed by atoms with Crippen molar-refractivity contribution >= 4 is 17.6 Å². The number of carboxylic acids is 1. The van der Waals surface area contributed by atoms with Crippen molar-refractivity contribution in [2.45, 2.75) is 51.2 Å². The van der Waals surface area contributed by atoms with Crippen LogP contribution in [0.25, 0.3) is 0 Å². The van der Waals surface area contributed by atoms with Crippen molar-refractivity contribution in [1.82, 2.24) is 9.78 Å². The number of carbonyl (C=O) groups is 2. The largest absolute Gasteiger partial charge is 0.479 e. The van der Waals surface area contributed by atoms with Gasteiger partial charge in [0.05, 0.1) is 18.0 Å². The molecule has 1 amide bonds. The molecule has 1 atom stereocenters. The van der Waals surface area contributed by atoms with Gasteiger partial charge in [-0.25, -0.2) is 4.79 Å². The van der Waals surface area contributed by atoms with Crippen LogP contribution in [0.3, 0.4) is 0 Å². The molecule has 0 spiro atoms. The molecule has 1 aliphatic heterocycles. The number of amides is 1. The van der Waals surface area contributed by atoms with E-state index in [4.69, 9.17) is 9.84 Å². The van der Waals surface area contributed by atoms with Crippen LogP contribution < -0.4 is 5.32 Å². The lowest BCUT2D eigenvalue weighted by Gasteiger charge is -2.19. The maximum Gasteiger partial charge on any atom is 0.331 e. The van der Waals surface area contributed by atoms with E-state index in [9.17, 15) is 9.59 Å². The molecule has 2 rings (SSSR count). The fourth-order valence-electron chi connectivity index (χ4n) is 2.18. The van der Waals surface area contributed by atoms with Crippen LogP contribution in [0, 0.1) is 0 Å². The summed E-state index contributed by atoms with van der Waals surface area (Å²) < 4.78 is 6.79. The van der Waals surface area contributed by atoms with Crippen LogP contribution in [0.5, 0.6) is 0 Å². The first-order valence-corrected chi connectivity index (χ1v) is 7.09. The Morgan fingerprint density at radius 2 is 2.33 bits per heavy atom. The van der Waals surface area contributed by atoms with Gasteiger partial charge in [0.2, 0.25) is 5.91 Å². The number of carbonyl (C=O) groups excluding carboxylic acids is 1. The number of rotatable bonds is 6. The van der Waals surface area contributed by atoms with Crippen molar-refractivity contribution in [2.75, 3.05) is 11.9 Å². The first kappa shape index (κ1) is 15.5. The second kappa shape index (κ2) is 6.26. The Labute approximate surface area is 123 Å². The highest BCUT2D eigenvalue weighted by Gasteiger charge is 2.30. The topological polar surface area (TPSA) is 93.5 Å². The molecular weight excluding hydrogens is 274 g/mol. The summed E-state index contributed by atoms with van der Waals surface area (Å²) in [7, 11) is 0. The Morgan fingerprint density at radius 3 is 2.95 bits per heavy atom. The summed E-state index contributed by atoms with van der Waals surface area (Å²) in [6.45, 7) is 3.88. The third-order valence-electron chi connectivity index (χ3n) is 3.68. The predicted octanol–water partition coefficient (Wildman–Crippen LogP) is 1.60. The van der Waals surface area contributed by atoms with Crippen molar-refractivity contribution in [3.8, 4) is 0 Å². The minimum atomic E-state index is -1.15. The smallest absolute Gasteiger partial charge is 0.331 e. The number of hydrogen-bond donors (Lipinski definition) is 2. The minimum absolute atomic E-state index is 0.113. The van der Waals surface area contributed by atoms with E-state index < -0.39 is 11.5 Å². The summed E-state index contributed by atoms with van der Waals surface area (Å²) in [5.74, 6) is -1.10. The highest BCUT2D eigenvalue weighted by molar-refractivity contribution is 5.90. The lowest BCUT2D eigenvalue weighted by atomic mass is 10.1. The first-order chi connectivity index (χ1) is 9.89.